The van der Waals surface area contributed by atoms with Gasteiger partial charge >= 0.3 is 6.18 Å². The molecule has 0 bridgehead atoms. The summed E-state index contributed by atoms with van der Waals surface area (Å²) >= 11 is 0. The molecule has 0 radical (unpaired) electrons. The fraction of sp³-hybridized carbons (Fsp3) is 0.250. The van der Waals surface area contributed by atoms with E-state index in [1.54, 1.807) is 13.0 Å². The lowest BCUT2D eigenvalue weighted by Crippen LogP contribution is -2.11. The van der Waals surface area contributed by atoms with E-state index in [4.69, 9.17) is 5.73 Å². The van der Waals surface area contributed by atoms with Crippen LogP contribution in [0, 0.1) is 6.92 Å². The van der Waals surface area contributed by atoms with Crippen LogP contribution >= 0.6 is 0 Å². The van der Waals surface area contributed by atoms with Crippen molar-refractivity contribution in [1.82, 2.24) is 29.5 Å². The van der Waals surface area contributed by atoms with Gasteiger partial charge in [-0.15, -0.1) is 5.10 Å². The summed E-state index contributed by atoms with van der Waals surface area (Å²) in [4.78, 5) is 15.3. The third-order valence-electron chi connectivity index (χ3n) is 2.85. The molecule has 3 N–H and O–H groups in total. The average molecular weight is 324 g/mol. The van der Waals surface area contributed by atoms with E-state index in [0.29, 0.717) is 23.2 Å². The smallest absolute Gasteiger partial charge is 0.384 e. The van der Waals surface area contributed by atoms with Gasteiger partial charge in [-0.05, 0) is 13.0 Å². The molecule has 23 heavy (non-hydrogen) atoms. The molecule has 0 saturated heterocycles. The van der Waals surface area contributed by atoms with Crippen LogP contribution in [0.15, 0.2) is 18.3 Å². The van der Waals surface area contributed by atoms with Gasteiger partial charge in [0.2, 0.25) is 0 Å². The zero-order valence-electron chi connectivity index (χ0n) is 11.8. The van der Waals surface area contributed by atoms with Crippen LogP contribution in [-0.4, -0.2) is 29.5 Å². The molecule has 11 heteroatoms. The van der Waals surface area contributed by atoms with Gasteiger partial charge in [-0.3, -0.25) is 0 Å². The molecular weight excluding hydrogens is 313 g/mol. The number of rotatable bonds is 3. The lowest BCUT2D eigenvalue weighted by Gasteiger charge is -2.08. The normalized spacial score (nSPS) is 11.8. The van der Waals surface area contributed by atoms with Crippen molar-refractivity contribution in [3.8, 4) is 0 Å². The highest BCUT2D eigenvalue weighted by Crippen LogP contribution is 2.27. The molecule has 0 aliphatic carbocycles. The van der Waals surface area contributed by atoms with Crippen molar-refractivity contribution in [2.24, 2.45) is 0 Å². The molecular formula is C12H11F3N8. The summed E-state index contributed by atoms with van der Waals surface area (Å²) in [5.41, 5.74) is 6.05. The number of nitrogens with zero attached hydrogens (tertiary/aromatic N) is 6. The first-order valence-electron chi connectivity index (χ1n) is 6.46. The number of hydrogen-bond donors (Lipinski definition) is 2. The Morgan fingerprint density at radius 1 is 1.26 bits per heavy atom. The van der Waals surface area contributed by atoms with Crippen LogP contribution < -0.4 is 11.1 Å². The fourth-order valence-corrected chi connectivity index (χ4v) is 1.90. The van der Waals surface area contributed by atoms with E-state index in [-0.39, 0.29) is 12.3 Å². The van der Waals surface area contributed by atoms with Crippen molar-refractivity contribution in [3.63, 3.8) is 0 Å². The summed E-state index contributed by atoms with van der Waals surface area (Å²) in [5.74, 6) is -0.412. The molecule has 120 valence electrons. The Balaban J connectivity index is 1.95. The van der Waals surface area contributed by atoms with Gasteiger partial charge in [0.05, 0.1) is 6.54 Å². The SMILES string of the molecule is Cc1cc(NCc2nccc(N)n2)n2nc(C(F)(F)F)nc2n1. The summed E-state index contributed by atoms with van der Waals surface area (Å²) < 4.78 is 39.2. The molecule has 0 spiro atoms. The number of halogens is 3. The summed E-state index contributed by atoms with van der Waals surface area (Å²) in [6.45, 7) is 1.80. The summed E-state index contributed by atoms with van der Waals surface area (Å²) in [7, 11) is 0. The predicted octanol–water partition coefficient (Wildman–Crippen LogP) is 1.44. The Kier molecular flexibility index (Phi) is 3.47. The minimum absolute atomic E-state index is 0.145. The van der Waals surface area contributed by atoms with Crippen LogP contribution in [0.5, 0.6) is 0 Å². The van der Waals surface area contributed by atoms with Gasteiger partial charge < -0.3 is 11.1 Å². The molecule has 0 saturated carbocycles. The van der Waals surface area contributed by atoms with Crippen molar-refractivity contribution < 1.29 is 13.2 Å². The summed E-state index contributed by atoms with van der Waals surface area (Å²) in [6, 6.07) is 3.08. The topological polar surface area (TPSA) is 107 Å². The molecule has 0 atom stereocenters. The summed E-state index contributed by atoms with van der Waals surface area (Å²) in [5, 5.41) is 6.35. The van der Waals surface area contributed by atoms with Crippen LogP contribution in [0.2, 0.25) is 0 Å². The Hall–Kier alpha value is -2.98. The number of nitrogen functional groups attached to an aromatic ring is 1. The minimum atomic E-state index is -4.64. The molecule has 3 aromatic rings. The van der Waals surface area contributed by atoms with E-state index >= 15 is 0 Å². The molecule has 3 aromatic heterocycles. The number of fused-ring (bicyclic) bond motifs is 1. The van der Waals surface area contributed by atoms with Gasteiger partial charge in [0.1, 0.15) is 17.5 Å². The maximum Gasteiger partial charge on any atom is 0.453 e. The quantitative estimate of drug-likeness (QED) is 0.750. The lowest BCUT2D eigenvalue weighted by molar-refractivity contribution is -0.144. The monoisotopic (exact) mass is 324 g/mol. The van der Waals surface area contributed by atoms with Gasteiger partial charge in [0, 0.05) is 18.0 Å². The molecule has 3 rings (SSSR count). The number of nitrogens with one attached hydrogen (secondary N) is 1. The van der Waals surface area contributed by atoms with E-state index in [1.807, 2.05) is 0 Å². The third-order valence-corrected chi connectivity index (χ3v) is 2.85. The van der Waals surface area contributed by atoms with Crippen molar-refractivity contribution in [3.05, 3.63) is 35.7 Å². The number of nitrogens with two attached hydrogens (primary N) is 1. The van der Waals surface area contributed by atoms with Crippen LogP contribution in [0.4, 0.5) is 24.8 Å². The second-order valence-electron chi connectivity index (χ2n) is 4.68. The molecule has 8 nitrogen and oxygen atoms in total. The number of hydrogen-bond acceptors (Lipinski definition) is 7. The van der Waals surface area contributed by atoms with Crippen LogP contribution in [-0.2, 0) is 12.7 Å². The van der Waals surface area contributed by atoms with E-state index in [2.05, 4.69) is 30.4 Å². The van der Waals surface area contributed by atoms with Crippen LogP contribution in [0.1, 0.15) is 17.3 Å². The van der Waals surface area contributed by atoms with Gasteiger partial charge in [0.25, 0.3) is 11.6 Å². The number of aromatic nitrogens is 6. The molecule has 0 fully saturated rings. The van der Waals surface area contributed by atoms with Crippen LogP contribution in [0.25, 0.3) is 5.78 Å². The average Bonchev–Trinajstić information content (AvgIpc) is 2.88. The highest BCUT2D eigenvalue weighted by atomic mass is 19.4. The Morgan fingerprint density at radius 2 is 2.04 bits per heavy atom. The van der Waals surface area contributed by atoms with Gasteiger partial charge in [-0.1, -0.05) is 0 Å². The van der Waals surface area contributed by atoms with E-state index in [9.17, 15) is 13.2 Å². The zero-order chi connectivity index (χ0) is 16.6. The van der Waals surface area contributed by atoms with Crippen molar-refractivity contribution in [2.75, 3.05) is 11.1 Å². The number of aryl methyl sites for hydroxylation is 1. The van der Waals surface area contributed by atoms with Gasteiger partial charge in [0.15, 0.2) is 0 Å². The largest absolute Gasteiger partial charge is 0.453 e. The van der Waals surface area contributed by atoms with Gasteiger partial charge in [-0.2, -0.15) is 22.7 Å². The standard InChI is InChI=1S/C12H11F3N8/c1-6-4-9(18-5-8-17-3-2-7(16)20-8)23-11(19-6)21-10(22-23)12(13,14)15/h2-4,18H,5H2,1H3,(H2,16,17,20). The Bertz CT molecular complexity index is 857. The third kappa shape index (κ3) is 3.12. The van der Waals surface area contributed by atoms with E-state index in [1.165, 1.54) is 12.3 Å². The first-order valence-corrected chi connectivity index (χ1v) is 6.46. The zero-order valence-corrected chi connectivity index (χ0v) is 11.8. The second-order valence-corrected chi connectivity index (χ2v) is 4.68. The molecule has 0 amide bonds. The molecule has 0 aliphatic rings. The molecule has 0 aromatic carbocycles. The van der Waals surface area contributed by atoms with Crippen LogP contribution in [0.3, 0.4) is 0 Å². The Labute approximate surface area is 127 Å². The lowest BCUT2D eigenvalue weighted by atomic mass is 10.4. The first kappa shape index (κ1) is 14.9. The first-order chi connectivity index (χ1) is 10.8. The number of anilines is 2. The van der Waals surface area contributed by atoms with Crippen molar-refractivity contribution >= 4 is 17.4 Å². The minimum Gasteiger partial charge on any atom is -0.384 e. The second kappa shape index (κ2) is 5.34. The molecule has 0 unspecified atom stereocenters. The Morgan fingerprint density at radius 3 is 2.74 bits per heavy atom. The number of alkyl halides is 3. The van der Waals surface area contributed by atoms with Crippen molar-refractivity contribution in [2.45, 2.75) is 19.6 Å². The highest BCUT2D eigenvalue weighted by molar-refractivity contribution is 5.45. The van der Waals surface area contributed by atoms with E-state index in [0.717, 1.165) is 4.52 Å². The maximum atomic E-state index is 12.7. The molecule has 3 heterocycles. The highest BCUT2D eigenvalue weighted by Gasteiger charge is 2.36. The maximum absolute atomic E-state index is 12.7. The van der Waals surface area contributed by atoms with Gasteiger partial charge in [-0.25, -0.2) is 15.0 Å². The fourth-order valence-electron chi connectivity index (χ4n) is 1.90. The van der Waals surface area contributed by atoms with E-state index < -0.39 is 12.0 Å². The van der Waals surface area contributed by atoms with Crippen molar-refractivity contribution in [1.29, 1.82) is 0 Å². The summed E-state index contributed by atoms with van der Waals surface area (Å²) in [6.07, 6.45) is -3.15. The molecule has 0 aliphatic heterocycles. The predicted molar refractivity (Wildman–Crippen MR) is 74.3 cm³/mol.